The molecule has 1 aromatic heterocycles. The molecule has 1 heterocycles. The number of benzene rings is 1. The smallest absolute Gasteiger partial charge is 0.132 e. The Morgan fingerprint density at radius 1 is 1.38 bits per heavy atom. The third kappa shape index (κ3) is 2.12. The number of aromatic nitrogens is 2. The van der Waals surface area contributed by atoms with Crippen molar-refractivity contribution in [3.63, 3.8) is 0 Å². The second kappa shape index (κ2) is 4.45. The Morgan fingerprint density at radius 3 is 2.81 bits per heavy atom. The van der Waals surface area contributed by atoms with Crippen molar-refractivity contribution < 1.29 is 4.39 Å². The quantitative estimate of drug-likeness (QED) is 0.858. The molecule has 16 heavy (non-hydrogen) atoms. The fourth-order valence-corrected chi connectivity index (χ4v) is 1.65. The fraction of sp³-hybridized carbons (Fsp3) is 0.250. The number of rotatable bonds is 3. The molecule has 0 saturated heterocycles. The van der Waals surface area contributed by atoms with Crippen molar-refractivity contribution in [1.82, 2.24) is 9.78 Å². The normalized spacial score (nSPS) is 12.7. The van der Waals surface area contributed by atoms with Crippen molar-refractivity contribution in [3.8, 4) is 11.3 Å². The van der Waals surface area contributed by atoms with Crippen LogP contribution in [-0.4, -0.2) is 15.8 Å². The summed E-state index contributed by atoms with van der Waals surface area (Å²) in [5, 5.41) is 4.14. The first-order valence-corrected chi connectivity index (χ1v) is 5.21. The lowest BCUT2D eigenvalue weighted by Gasteiger charge is -2.10. The minimum Gasteiger partial charge on any atom is -0.326 e. The molecule has 2 N–H and O–H groups in total. The van der Waals surface area contributed by atoms with Crippen LogP contribution in [0.3, 0.4) is 0 Å². The average Bonchev–Trinajstić information content (AvgIpc) is 2.66. The lowest BCUT2D eigenvalue weighted by Crippen LogP contribution is -2.23. The summed E-state index contributed by atoms with van der Waals surface area (Å²) in [6, 6.07) is 8.45. The summed E-state index contributed by atoms with van der Waals surface area (Å²) in [5.74, 6) is -0.242. The van der Waals surface area contributed by atoms with E-state index in [2.05, 4.69) is 5.10 Å². The molecule has 0 aliphatic carbocycles. The first-order valence-electron chi connectivity index (χ1n) is 5.21. The molecule has 3 nitrogen and oxygen atoms in total. The van der Waals surface area contributed by atoms with Gasteiger partial charge >= 0.3 is 0 Å². The molecular formula is C12H14FN3. The molecule has 0 fully saturated rings. The summed E-state index contributed by atoms with van der Waals surface area (Å²) in [6.07, 6.45) is 1.66. The van der Waals surface area contributed by atoms with Gasteiger partial charge < -0.3 is 5.73 Å². The Bertz CT molecular complexity index is 477. The minimum absolute atomic E-state index is 0.00887. The Hall–Kier alpha value is -1.68. The Kier molecular flexibility index (Phi) is 3.01. The van der Waals surface area contributed by atoms with E-state index in [1.54, 1.807) is 29.1 Å². The van der Waals surface area contributed by atoms with Crippen molar-refractivity contribution in [2.24, 2.45) is 5.73 Å². The van der Waals surface area contributed by atoms with Gasteiger partial charge in [0, 0.05) is 17.8 Å². The van der Waals surface area contributed by atoms with Crippen LogP contribution in [0.2, 0.25) is 0 Å². The highest BCUT2D eigenvalue weighted by molar-refractivity contribution is 5.59. The Morgan fingerprint density at radius 2 is 2.12 bits per heavy atom. The monoisotopic (exact) mass is 219 g/mol. The molecular weight excluding hydrogens is 205 g/mol. The number of nitrogens with zero attached hydrogens (tertiary/aromatic N) is 2. The zero-order chi connectivity index (χ0) is 11.5. The first-order chi connectivity index (χ1) is 7.68. The zero-order valence-corrected chi connectivity index (χ0v) is 9.10. The number of halogens is 1. The molecule has 2 aromatic rings. The summed E-state index contributed by atoms with van der Waals surface area (Å²) < 4.78 is 15.3. The highest BCUT2D eigenvalue weighted by Gasteiger charge is 2.10. The standard InChI is InChI=1S/C12H14FN3/c1-9(14)8-16-12(6-7-15-16)10-4-2-3-5-11(10)13/h2-7,9H,8,14H2,1H3. The molecule has 0 amide bonds. The van der Waals surface area contributed by atoms with Gasteiger partial charge in [-0.15, -0.1) is 0 Å². The molecule has 0 bridgehead atoms. The highest BCUT2D eigenvalue weighted by Crippen LogP contribution is 2.21. The molecule has 0 radical (unpaired) electrons. The van der Waals surface area contributed by atoms with Crippen molar-refractivity contribution >= 4 is 0 Å². The van der Waals surface area contributed by atoms with Gasteiger partial charge in [0.15, 0.2) is 0 Å². The van der Waals surface area contributed by atoms with E-state index >= 15 is 0 Å². The van der Waals surface area contributed by atoms with Crippen LogP contribution in [0.5, 0.6) is 0 Å². The van der Waals surface area contributed by atoms with Gasteiger partial charge in [0.1, 0.15) is 5.82 Å². The molecule has 4 heteroatoms. The topological polar surface area (TPSA) is 43.8 Å². The summed E-state index contributed by atoms with van der Waals surface area (Å²) in [4.78, 5) is 0. The fourth-order valence-electron chi connectivity index (χ4n) is 1.65. The van der Waals surface area contributed by atoms with Gasteiger partial charge in [-0.3, -0.25) is 4.68 Å². The maximum Gasteiger partial charge on any atom is 0.132 e. The summed E-state index contributed by atoms with van der Waals surface area (Å²) in [6.45, 7) is 2.48. The maximum atomic E-state index is 13.6. The lowest BCUT2D eigenvalue weighted by molar-refractivity contribution is 0.540. The molecule has 0 spiro atoms. The van der Waals surface area contributed by atoms with Crippen LogP contribution in [0.25, 0.3) is 11.3 Å². The zero-order valence-electron chi connectivity index (χ0n) is 9.10. The molecule has 0 aliphatic rings. The van der Waals surface area contributed by atoms with Crippen molar-refractivity contribution in [2.75, 3.05) is 0 Å². The predicted octanol–water partition coefficient (Wildman–Crippen LogP) is 2.04. The van der Waals surface area contributed by atoms with Crippen LogP contribution < -0.4 is 5.73 Å². The van der Waals surface area contributed by atoms with E-state index in [0.29, 0.717) is 12.1 Å². The third-order valence-electron chi connectivity index (χ3n) is 2.33. The van der Waals surface area contributed by atoms with Gasteiger partial charge in [-0.05, 0) is 25.1 Å². The van der Waals surface area contributed by atoms with Crippen molar-refractivity contribution in [1.29, 1.82) is 0 Å². The Labute approximate surface area is 93.7 Å². The van der Waals surface area contributed by atoms with E-state index in [9.17, 15) is 4.39 Å². The van der Waals surface area contributed by atoms with Gasteiger partial charge in [0.2, 0.25) is 0 Å². The maximum absolute atomic E-state index is 13.6. The summed E-state index contributed by atoms with van der Waals surface area (Å²) in [5.41, 5.74) is 7.03. The van der Waals surface area contributed by atoms with Gasteiger partial charge in [-0.2, -0.15) is 5.10 Å². The molecule has 2 rings (SSSR count). The van der Waals surface area contributed by atoms with Crippen molar-refractivity contribution in [2.45, 2.75) is 19.5 Å². The van der Waals surface area contributed by atoms with Crippen LogP contribution in [0.4, 0.5) is 4.39 Å². The number of hydrogen-bond acceptors (Lipinski definition) is 2. The largest absolute Gasteiger partial charge is 0.326 e. The molecule has 0 saturated carbocycles. The molecule has 1 unspecified atom stereocenters. The van der Waals surface area contributed by atoms with E-state index in [-0.39, 0.29) is 11.9 Å². The number of nitrogens with two attached hydrogens (primary N) is 1. The summed E-state index contributed by atoms with van der Waals surface area (Å²) >= 11 is 0. The lowest BCUT2D eigenvalue weighted by atomic mass is 10.1. The van der Waals surface area contributed by atoms with Gasteiger partial charge in [-0.25, -0.2) is 4.39 Å². The SMILES string of the molecule is CC(N)Cn1nccc1-c1ccccc1F. The predicted molar refractivity (Wildman–Crippen MR) is 61.3 cm³/mol. The van der Waals surface area contributed by atoms with E-state index in [1.165, 1.54) is 6.07 Å². The van der Waals surface area contributed by atoms with Crippen molar-refractivity contribution in [3.05, 3.63) is 42.3 Å². The number of hydrogen-bond donors (Lipinski definition) is 1. The van der Waals surface area contributed by atoms with Crippen LogP contribution in [0.15, 0.2) is 36.5 Å². The van der Waals surface area contributed by atoms with E-state index < -0.39 is 0 Å². The van der Waals surface area contributed by atoms with E-state index in [0.717, 1.165) is 5.69 Å². The van der Waals surface area contributed by atoms with Gasteiger partial charge in [-0.1, -0.05) is 12.1 Å². The molecule has 1 atom stereocenters. The van der Waals surface area contributed by atoms with Gasteiger partial charge in [0.25, 0.3) is 0 Å². The highest BCUT2D eigenvalue weighted by atomic mass is 19.1. The molecule has 84 valence electrons. The van der Waals surface area contributed by atoms with Crippen LogP contribution >= 0.6 is 0 Å². The molecule has 0 aliphatic heterocycles. The van der Waals surface area contributed by atoms with Crippen LogP contribution in [-0.2, 0) is 6.54 Å². The molecule has 1 aromatic carbocycles. The third-order valence-corrected chi connectivity index (χ3v) is 2.33. The summed E-state index contributed by atoms with van der Waals surface area (Å²) in [7, 11) is 0. The minimum atomic E-state index is -0.242. The first kappa shape index (κ1) is 10.8. The Balaban J connectivity index is 2.41. The second-order valence-electron chi connectivity index (χ2n) is 3.86. The van der Waals surface area contributed by atoms with Gasteiger partial charge in [0.05, 0.1) is 12.2 Å². The van der Waals surface area contributed by atoms with Crippen LogP contribution in [0, 0.1) is 5.82 Å². The van der Waals surface area contributed by atoms with Crippen LogP contribution in [0.1, 0.15) is 6.92 Å². The second-order valence-corrected chi connectivity index (χ2v) is 3.86. The van der Waals surface area contributed by atoms with E-state index in [1.807, 2.05) is 13.0 Å². The average molecular weight is 219 g/mol. The van der Waals surface area contributed by atoms with E-state index in [4.69, 9.17) is 5.73 Å².